The Hall–Kier alpha value is -0.0800. The van der Waals surface area contributed by atoms with E-state index in [1.165, 1.54) is 38.8 Å². The van der Waals surface area contributed by atoms with Crippen LogP contribution < -0.4 is 5.32 Å². The molecule has 0 amide bonds. The Balaban J connectivity index is 1.91. The summed E-state index contributed by atoms with van der Waals surface area (Å²) in [4.78, 5) is 2.68. The van der Waals surface area contributed by atoms with E-state index in [0.29, 0.717) is 0 Å². The van der Waals surface area contributed by atoms with Gasteiger partial charge in [-0.05, 0) is 52.6 Å². The van der Waals surface area contributed by atoms with Gasteiger partial charge in [0.2, 0.25) is 0 Å². The highest BCUT2D eigenvalue weighted by Gasteiger charge is 2.31. The third kappa shape index (κ3) is 1.89. The molecule has 0 aromatic rings. The second kappa shape index (κ2) is 3.97. The van der Waals surface area contributed by atoms with Crippen LogP contribution in [-0.4, -0.2) is 36.1 Å². The third-order valence-corrected chi connectivity index (χ3v) is 3.81. The molecule has 2 saturated heterocycles. The van der Waals surface area contributed by atoms with Crippen molar-refractivity contribution in [3.05, 3.63) is 0 Å². The molecule has 0 bridgehead atoms. The lowest BCUT2D eigenvalue weighted by Gasteiger charge is -2.32. The molecule has 0 saturated carbocycles. The molecule has 3 unspecified atom stereocenters. The number of nitrogens with one attached hydrogen (secondary N) is 1. The first kappa shape index (κ1) is 9.47. The van der Waals surface area contributed by atoms with Crippen LogP contribution in [0.3, 0.4) is 0 Å². The Morgan fingerprint density at radius 3 is 2.69 bits per heavy atom. The molecule has 3 atom stereocenters. The van der Waals surface area contributed by atoms with Crippen molar-refractivity contribution in [3.8, 4) is 0 Å². The summed E-state index contributed by atoms with van der Waals surface area (Å²) >= 11 is 0. The van der Waals surface area contributed by atoms with Crippen LogP contribution in [0.2, 0.25) is 0 Å². The van der Waals surface area contributed by atoms with Crippen molar-refractivity contribution in [2.75, 3.05) is 13.1 Å². The normalized spacial score (nSPS) is 38.3. The van der Waals surface area contributed by atoms with Crippen LogP contribution in [0.1, 0.15) is 39.5 Å². The molecule has 2 nitrogen and oxygen atoms in total. The van der Waals surface area contributed by atoms with E-state index in [2.05, 4.69) is 24.1 Å². The summed E-state index contributed by atoms with van der Waals surface area (Å²) in [6, 6.07) is 2.33. The first-order chi connectivity index (χ1) is 6.29. The Morgan fingerprint density at radius 2 is 2.15 bits per heavy atom. The van der Waals surface area contributed by atoms with Gasteiger partial charge in [0.25, 0.3) is 0 Å². The number of hydrogen-bond acceptors (Lipinski definition) is 2. The largest absolute Gasteiger partial charge is 0.312 e. The zero-order chi connectivity index (χ0) is 9.26. The van der Waals surface area contributed by atoms with E-state index in [-0.39, 0.29) is 0 Å². The van der Waals surface area contributed by atoms with Crippen molar-refractivity contribution >= 4 is 0 Å². The zero-order valence-electron chi connectivity index (χ0n) is 8.92. The van der Waals surface area contributed by atoms with Gasteiger partial charge in [0, 0.05) is 18.1 Å². The molecule has 76 valence electrons. The molecule has 0 spiro atoms. The second-order valence-corrected chi connectivity index (χ2v) is 4.67. The van der Waals surface area contributed by atoms with E-state index < -0.39 is 0 Å². The lowest BCUT2D eigenvalue weighted by atomic mass is 10.1. The van der Waals surface area contributed by atoms with E-state index in [9.17, 15) is 0 Å². The van der Waals surface area contributed by atoms with Gasteiger partial charge < -0.3 is 5.32 Å². The minimum atomic E-state index is 0.750. The molecule has 2 rings (SSSR count). The first-order valence-electron chi connectivity index (χ1n) is 5.78. The Labute approximate surface area is 81.7 Å². The van der Waals surface area contributed by atoms with Crippen molar-refractivity contribution in [3.63, 3.8) is 0 Å². The smallest absolute Gasteiger partial charge is 0.0223 e. The summed E-state index contributed by atoms with van der Waals surface area (Å²) in [7, 11) is 0. The van der Waals surface area contributed by atoms with Gasteiger partial charge in [-0.1, -0.05) is 0 Å². The Bertz CT molecular complexity index is 163. The van der Waals surface area contributed by atoms with Gasteiger partial charge >= 0.3 is 0 Å². The van der Waals surface area contributed by atoms with Crippen LogP contribution in [0.5, 0.6) is 0 Å². The van der Waals surface area contributed by atoms with Gasteiger partial charge in [-0.2, -0.15) is 0 Å². The lowest BCUT2D eigenvalue weighted by Crippen LogP contribution is -2.47. The highest BCUT2D eigenvalue weighted by Crippen LogP contribution is 2.23. The Morgan fingerprint density at radius 1 is 1.31 bits per heavy atom. The molecule has 2 heterocycles. The van der Waals surface area contributed by atoms with E-state index in [4.69, 9.17) is 0 Å². The Kier molecular flexibility index (Phi) is 2.89. The molecular weight excluding hydrogens is 160 g/mol. The number of hydrogen-bond donors (Lipinski definition) is 1. The van der Waals surface area contributed by atoms with Crippen molar-refractivity contribution in [2.24, 2.45) is 0 Å². The van der Waals surface area contributed by atoms with Crippen LogP contribution in [0.15, 0.2) is 0 Å². The molecule has 1 N–H and O–H groups in total. The highest BCUT2D eigenvalue weighted by atomic mass is 15.2. The quantitative estimate of drug-likeness (QED) is 0.698. The van der Waals surface area contributed by atoms with E-state index in [1.54, 1.807) is 0 Å². The number of rotatable bonds is 2. The minimum absolute atomic E-state index is 0.750. The van der Waals surface area contributed by atoms with Gasteiger partial charge in [-0.3, -0.25) is 4.90 Å². The lowest BCUT2D eigenvalue weighted by molar-refractivity contribution is 0.170. The highest BCUT2D eigenvalue weighted by molar-refractivity contribution is 4.89. The fourth-order valence-electron chi connectivity index (χ4n) is 2.91. The molecule has 2 heteroatoms. The van der Waals surface area contributed by atoms with Crippen LogP contribution in [-0.2, 0) is 0 Å². The van der Waals surface area contributed by atoms with Crippen molar-refractivity contribution in [1.29, 1.82) is 0 Å². The summed E-state index contributed by atoms with van der Waals surface area (Å²) < 4.78 is 0. The van der Waals surface area contributed by atoms with Gasteiger partial charge in [-0.25, -0.2) is 0 Å². The van der Waals surface area contributed by atoms with Crippen LogP contribution in [0.25, 0.3) is 0 Å². The molecule has 2 fully saturated rings. The second-order valence-electron chi connectivity index (χ2n) is 4.67. The fraction of sp³-hybridized carbons (Fsp3) is 1.00. The molecule has 2 aliphatic heterocycles. The predicted molar refractivity (Wildman–Crippen MR) is 55.9 cm³/mol. The summed E-state index contributed by atoms with van der Waals surface area (Å²) in [5.74, 6) is 0. The van der Waals surface area contributed by atoms with Crippen molar-refractivity contribution in [1.82, 2.24) is 10.2 Å². The molecule has 0 aliphatic carbocycles. The summed E-state index contributed by atoms with van der Waals surface area (Å²) in [6.07, 6.45) is 5.55. The monoisotopic (exact) mass is 182 g/mol. The molecule has 0 radical (unpaired) electrons. The van der Waals surface area contributed by atoms with Gasteiger partial charge in [-0.15, -0.1) is 0 Å². The standard InChI is InChI=1S/C11H22N2/c1-9-5-4-8-13(9)10(2)11-6-3-7-12-11/h9-12H,3-8H2,1-2H3. The third-order valence-electron chi connectivity index (χ3n) is 3.81. The van der Waals surface area contributed by atoms with Crippen molar-refractivity contribution < 1.29 is 0 Å². The van der Waals surface area contributed by atoms with Gasteiger partial charge in [0.1, 0.15) is 0 Å². The maximum atomic E-state index is 3.61. The van der Waals surface area contributed by atoms with E-state index in [1.807, 2.05) is 0 Å². The molecule has 13 heavy (non-hydrogen) atoms. The summed E-state index contributed by atoms with van der Waals surface area (Å²) in [6.45, 7) is 7.32. The maximum Gasteiger partial charge on any atom is 0.0223 e. The zero-order valence-corrected chi connectivity index (χ0v) is 8.92. The van der Waals surface area contributed by atoms with E-state index >= 15 is 0 Å². The predicted octanol–water partition coefficient (Wildman–Crippen LogP) is 1.61. The maximum absolute atomic E-state index is 3.61. The first-order valence-corrected chi connectivity index (χ1v) is 5.78. The van der Waals surface area contributed by atoms with Gasteiger partial charge in [0.05, 0.1) is 0 Å². The summed E-state index contributed by atoms with van der Waals surface area (Å²) in [5, 5.41) is 3.61. The van der Waals surface area contributed by atoms with Crippen molar-refractivity contribution in [2.45, 2.75) is 57.7 Å². The van der Waals surface area contributed by atoms with Crippen LogP contribution in [0.4, 0.5) is 0 Å². The van der Waals surface area contributed by atoms with Crippen LogP contribution in [0, 0.1) is 0 Å². The number of likely N-dealkylation sites (tertiary alicyclic amines) is 1. The van der Waals surface area contributed by atoms with Crippen LogP contribution >= 0.6 is 0 Å². The molecule has 2 aliphatic rings. The fourth-order valence-corrected chi connectivity index (χ4v) is 2.91. The number of nitrogens with zero attached hydrogens (tertiary/aromatic N) is 1. The molecule has 0 aromatic carbocycles. The molecular formula is C11H22N2. The summed E-state index contributed by atoms with van der Waals surface area (Å²) in [5.41, 5.74) is 0. The SMILES string of the molecule is CC1CCCN1C(C)C1CCCN1. The average Bonchev–Trinajstić information content (AvgIpc) is 2.72. The minimum Gasteiger partial charge on any atom is -0.312 e. The van der Waals surface area contributed by atoms with Gasteiger partial charge in [0.15, 0.2) is 0 Å². The van der Waals surface area contributed by atoms with E-state index in [0.717, 1.165) is 18.1 Å². The topological polar surface area (TPSA) is 15.3 Å². The average molecular weight is 182 g/mol. The molecule has 0 aromatic heterocycles.